The molecular weight excluding hydrogens is 518 g/mol. The summed E-state index contributed by atoms with van der Waals surface area (Å²) in [4.78, 5) is 43.8. The number of carbonyl (C=O) groups excluding carboxylic acids is 3. The number of urea groups is 1. The Morgan fingerprint density at radius 3 is 2.46 bits per heavy atom. The zero-order valence-corrected chi connectivity index (χ0v) is 24.8. The smallest absolute Gasteiger partial charge is 0.410 e. The molecule has 9 nitrogen and oxygen atoms in total. The average Bonchev–Trinajstić information content (AvgIpc) is 3.55. The number of halogens is 1. The molecule has 4 rings (SSSR count). The summed E-state index contributed by atoms with van der Waals surface area (Å²) < 4.78 is 5.47. The molecule has 3 aliphatic rings. The molecule has 2 N–H and O–H groups in total. The topological polar surface area (TPSA) is 94.2 Å². The number of ether oxygens (including phenoxy) is 1. The number of carbonyl (C=O) groups is 3. The summed E-state index contributed by atoms with van der Waals surface area (Å²) in [6, 6.07) is 3.91. The Labute approximate surface area is 237 Å². The Morgan fingerprint density at radius 2 is 1.79 bits per heavy atom. The van der Waals surface area contributed by atoms with E-state index in [2.05, 4.69) is 22.5 Å². The predicted octanol–water partition coefficient (Wildman–Crippen LogP) is 4.86. The summed E-state index contributed by atoms with van der Waals surface area (Å²) >= 11 is 6.47. The SMILES string of the molecule is Cc1c(CN2CCN(C(=O)NCC3CC3)C(C)C2)cc(Cl)cc1NC(=O)CC1CCN(C(=O)OC(C)(C)C)C1. The molecule has 1 aromatic rings. The van der Waals surface area contributed by atoms with Gasteiger partial charge in [-0.05, 0) is 89.0 Å². The van der Waals surface area contributed by atoms with Crippen LogP contribution in [0.2, 0.25) is 5.02 Å². The number of hydrogen-bond acceptors (Lipinski definition) is 5. The lowest BCUT2D eigenvalue weighted by Crippen LogP contribution is -2.56. The van der Waals surface area contributed by atoms with Gasteiger partial charge in [-0.3, -0.25) is 9.69 Å². The standard InChI is InChI=1S/C29H44ClN5O4/c1-19-16-33(10-11-35(19)27(37)31-15-21-6-7-21)18-23-13-24(30)14-25(20(23)2)32-26(36)12-22-8-9-34(17-22)28(38)39-29(3,4)5/h13-14,19,21-22H,6-12,15-18H2,1-5H3,(H,31,37)(H,32,36). The van der Waals surface area contributed by atoms with Crippen molar-refractivity contribution in [3.05, 3.63) is 28.3 Å². The second-order valence-corrected chi connectivity index (χ2v) is 12.9. The molecule has 0 radical (unpaired) electrons. The highest BCUT2D eigenvalue weighted by atomic mass is 35.5. The Bertz CT molecular complexity index is 1070. The van der Waals surface area contributed by atoms with Gasteiger partial charge in [0.25, 0.3) is 0 Å². The van der Waals surface area contributed by atoms with Gasteiger partial charge in [-0.1, -0.05) is 11.6 Å². The third kappa shape index (κ3) is 8.48. The van der Waals surface area contributed by atoms with E-state index in [1.807, 2.05) is 38.7 Å². The van der Waals surface area contributed by atoms with Crippen LogP contribution in [0, 0.1) is 18.8 Å². The van der Waals surface area contributed by atoms with Gasteiger partial charge < -0.3 is 25.2 Å². The molecule has 3 fully saturated rings. The Balaban J connectivity index is 1.29. The number of amides is 4. The van der Waals surface area contributed by atoms with E-state index in [0.717, 1.165) is 42.9 Å². The van der Waals surface area contributed by atoms with E-state index in [0.29, 0.717) is 43.5 Å². The van der Waals surface area contributed by atoms with Crippen LogP contribution in [0.15, 0.2) is 12.1 Å². The van der Waals surface area contributed by atoms with Gasteiger partial charge in [0.05, 0.1) is 0 Å². The number of benzene rings is 1. The minimum Gasteiger partial charge on any atom is -0.444 e. The summed E-state index contributed by atoms with van der Waals surface area (Å²) in [5, 5.41) is 6.72. The van der Waals surface area contributed by atoms with Crippen LogP contribution in [0.1, 0.15) is 64.5 Å². The van der Waals surface area contributed by atoms with Crippen molar-refractivity contribution in [2.24, 2.45) is 11.8 Å². The van der Waals surface area contributed by atoms with Gasteiger partial charge in [-0.25, -0.2) is 9.59 Å². The van der Waals surface area contributed by atoms with Crippen LogP contribution in [0.4, 0.5) is 15.3 Å². The van der Waals surface area contributed by atoms with Crippen LogP contribution in [0.3, 0.4) is 0 Å². The Morgan fingerprint density at radius 1 is 1.05 bits per heavy atom. The molecule has 2 saturated heterocycles. The summed E-state index contributed by atoms with van der Waals surface area (Å²) in [5.41, 5.74) is 2.24. The highest BCUT2D eigenvalue weighted by Crippen LogP contribution is 2.29. The van der Waals surface area contributed by atoms with Crippen molar-refractivity contribution in [1.29, 1.82) is 0 Å². The molecule has 0 bridgehead atoms. The molecule has 0 aromatic heterocycles. The van der Waals surface area contributed by atoms with Crippen molar-refractivity contribution >= 4 is 35.3 Å². The first-order chi connectivity index (χ1) is 18.4. The molecule has 4 amide bonds. The fourth-order valence-electron chi connectivity index (χ4n) is 5.36. The van der Waals surface area contributed by atoms with Crippen LogP contribution in [0.25, 0.3) is 0 Å². The van der Waals surface area contributed by atoms with Gasteiger partial charge in [-0.2, -0.15) is 0 Å². The van der Waals surface area contributed by atoms with Crippen LogP contribution in [0.5, 0.6) is 0 Å². The summed E-state index contributed by atoms with van der Waals surface area (Å²) in [5.74, 6) is 0.675. The number of nitrogens with one attached hydrogen (secondary N) is 2. The minimum atomic E-state index is -0.538. The number of rotatable bonds is 7. The zero-order chi connectivity index (χ0) is 28.3. The largest absolute Gasteiger partial charge is 0.444 e. The van der Waals surface area contributed by atoms with E-state index in [1.54, 1.807) is 11.0 Å². The normalized spacial score (nSPS) is 22.1. The molecule has 1 saturated carbocycles. The van der Waals surface area contributed by atoms with Gasteiger partial charge in [0, 0.05) is 69.0 Å². The minimum absolute atomic E-state index is 0.0365. The van der Waals surface area contributed by atoms with Crippen LogP contribution in [-0.2, 0) is 16.1 Å². The second kappa shape index (κ2) is 12.3. The molecule has 10 heteroatoms. The molecule has 1 aromatic carbocycles. The van der Waals surface area contributed by atoms with E-state index < -0.39 is 5.60 Å². The first-order valence-electron chi connectivity index (χ1n) is 14.2. The number of nitrogens with zero attached hydrogens (tertiary/aromatic N) is 3. The van der Waals surface area contributed by atoms with Crippen molar-refractivity contribution in [3.63, 3.8) is 0 Å². The first kappa shape index (κ1) is 29.5. The molecule has 0 spiro atoms. The lowest BCUT2D eigenvalue weighted by atomic mass is 10.0. The van der Waals surface area contributed by atoms with Gasteiger partial charge >= 0.3 is 12.1 Å². The predicted molar refractivity (Wildman–Crippen MR) is 153 cm³/mol. The van der Waals surface area contributed by atoms with Crippen molar-refractivity contribution in [1.82, 2.24) is 20.0 Å². The molecule has 2 aliphatic heterocycles. The fourth-order valence-corrected chi connectivity index (χ4v) is 5.60. The van der Waals surface area contributed by atoms with E-state index in [4.69, 9.17) is 16.3 Å². The number of hydrogen-bond donors (Lipinski definition) is 2. The Hall–Kier alpha value is -2.52. The number of piperazine rings is 1. The van der Waals surface area contributed by atoms with Crippen LogP contribution < -0.4 is 10.6 Å². The van der Waals surface area contributed by atoms with Crippen molar-refractivity contribution in [2.45, 2.75) is 78.5 Å². The van der Waals surface area contributed by atoms with E-state index in [-0.39, 0.29) is 30.0 Å². The quantitative estimate of drug-likeness (QED) is 0.496. The second-order valence-electron chi connectivity index (χ2n) is 12.5. The monoisotopic (exact) mass is 561 g/mol. The third-order valence-corrected chi connectivity index (χ3v) is 7.99. The van der Waals surface area contributed by atoms with Crippen molar-refractivity contribution < 1.29 is 19.1 Å². The third-order valence-electron chi connectivity index (χ3n) is 7.77. The molecular formula is C29H44ClN5O4. The summed E-state index contributed by atoms with van der Waals surface area (Å²) in [7, 11) is 0. The van der Waals surface area contributed by atoms with Crippen molar-refractivity contribution in [3.8, 4) is 0 Å². The molecule has 2 unspecified atom stereocenters. The first-order valence-corrected chi connectivity index (χ1v) is 14.6. The van der Waals surface area contributed by atoms with Gasteiger partial charge in [-0.15, -0.1) is 0 Å². The average molecular weight is 562 g/mol. The Kier molecular flexibility index (Phi) is 9.32. The summed E-state index contributed by atoms with van der Waals surface area (Å²) in [6.07, 6.45) is 3.23. The van der Waals surface area contributed by atoms with Crippen LogP contribution in [-0.4, -0.2) is 83.6 Å². The maximum Gasteiger partial charge on any atom is 0.410 e. The van der Waals surface area contributed by atoms with E-state index >= 15 is 0 Å². The highest BCUT2D eigenvalue weighted by molar-refractivity contribution is 6.31. The summed E-state index contributed by atoms with van der Waals surface area (Å²) in [6.45, 7) is 14.5. The highest BCUT2D eigenvalue weighted by Gasteiger charge is 2.32. The number of anilines is 1. The van der Waals surface area contributed by atoms with Gasteiger partial charge in [0.1, 0.15) is 5.60 Å². The number of likely N-dealkylation sites (tertiary alicyclic amines) is 1. The lowest BCUT2D eigenvalue weighted by molar-refractivity contribution is -0.117. The van der Waals surface area contributed by atoms with E-state index in [1.165, 1.54) is 12.8 Å². The maximum atomic E-state index is 12.9. The zero-order valence-electron chi connectivity index (χ0n) is 24.0. The van der Waals surface area contributed by atoms with Crippen LogP contribution >= 0.6 is 11.6 Å². The molecule has 39 heavy (non-hydrogen) atoms. The molecule has 1 aliphatic carbocycles. The molecule has 2 atom stereocenters. The van der Waals surface area contributed by atoms with Crippen molar-refractivity contribution in [2.75, 3.05) is 44.6 Å². The molecule has 2 heterocycles. The lowest BCUT2D eigenvalue weighted by Gasteiger charge is -2.40. The molecule has 216 valence electrons. The maximum absolute atomic E-state index is 12.9. The van der Waals surface area contributed by atoms with Gasteiger partial charge in [0.2, 0.25) is 5.91 Å². The van der Waals surface area contributed by atoms with Gasteiger partial charge in [0.15, 0.2) is 0 Å². The fraction of sp³-hybridized carbons (Fsp3) is 0.690. The van der Waals surface area contributed by atoms with E-state index in [9.17, 15) is 14.4 Å².